The van der Waals surface area contributed by atoms with Crippen molar-refractivity contribution in [3.8, 4) is 0 Å². The summed E-state index contributed by atoms with van der Waals surface area (Å²) >= 11 is 5.54. The second-order valence-electron chi connectivity index (χ2n) is 3.92. The Hall–Kier alpha value is -1.69. The Morgan fingerprint density at radius 3 is 2.47 bits per heavy atom. The minimum atomic E-state index is -1.14. The van der Waals surface area contributed by atoms with Gasteiger partial charge in [-0.05, 0) is 19.3 Å². The van der Waals surface area contributed by atoms with Gasteiger partial charge in [0.1, 0.15) is 16.4 Å². The second-order valence-corrected chi connectivity index (χ2v) is 4.31. The maximum absolute atomic E-state index is 11.7. The Bertz CT molecular complexity index is 456. The quantitative estimate of drug-likeness (QED) is 0.836. The molecule has 0 saturated heterocycles. The SMILES string of the molecule is O=C(NC1(C(=O)O)CCC1)c1cnc(Cl)cn1. The third kappa shape index (κ3) is 2.21. The Morgan fingerprint density at radius 2 is 2.06 bits per heavy atom. The molecule has 1 amide bonds. The van der Waals surface area contributed by atoms with E-state index in [1.165, 1.54) is 12.4 Å². The van der Waals surface area contributed by atoms with Crippen LogP contribution in [0.1, 0.15) is 29.8 Å². The highest BCUT2D eigenvalue weighted by Crippen LogP contribution is 2.32. The van der Waals surface area contributed by atoms with E-state index in [4.69, 9.17) is 16.7 Å². The molecule has 0 aliphatic heterocycles. The van der Waals surface area contributed by atoms with E-state index in [0.717, 1.165) is 6.42 Å². The summed E-state index contributed by atoms with van der Waals surface area (Å²) in [7, 11) is 0. The van der Waals surface area contributed by atoms with E-state index in [1.54, 1.807) is 0 Å². The number of carboxylic acids is 1. The van der Waals surface area contributed by atoms with Gasteiger partial charge in [-0.1, -0.05) is 11.6 Å². The molecule has 6 nitrogen and oxygen atoms in total. The van der Waals surface area contributed by atoms with Gasteiger partial charge in [-0.3, -0.25) is 4.79 Å². The van der Waals surface area contributed by atoms with Crippen molar-refractivity contribution < 1.29 is 14.7 Å². The zero-order valence-electron chi connectivity index (χ0n) is 8.81. The summed E-state index contributed by atoms with van der Waals surface area (Å²) in [6.07, 6.45) is 4.12. The predicted octanol–water partition coefficient (Wildman–Crippen LogP) is 0.867. The maximum Gasteiger partial charge on any atom is 0.329 e. The van der Waals surface area contributed by atoms with Crippen LogP contribution in [0.15, 0.2) is 12.4 Å². The molecule has 7 heteroatoms. The van der Waals surface area contributed by atoms with Crippen molar-refractivity contribution in [1.82, 2.24) is 15.3 Å². The number of rotatable bonds is 3. The minimum Gasteiger partial charge on any atom is -0.480 e. The van der Waals surface area contributed by atoms with Crippen molar-refractivity contribution in [3.63, 3.8) is 0 Å². The van der Waals surface area contributed by atoms with Crippen molar-refractivity contribution in [2.75, 3.05) is 0 Å². The molecule has 90 valence electrons. The molecule has 0 aromatic carbocycles. The zero-order valence-corrected chi connectivity index (χ0v) is 9.57. The van der Waals surface area contributed by atoms with Crippen LogP contribution in [0.4, 0.5) is 0 Å². The van der Waals surface area contributed by atoms with Gasteiger partial charge in [0.2, 0.25) is 0 Å². The minimum absolute atomic E-state index is 0.0573. The van der Waals surface area contributed by atoms with E-state index in [-0.39, 0.29) is 10.8 Å². The van der Waals surface area contributed by atoms with E-state index in [0.29, 0.717) is 12.8 Å². The third-order valence-corrected chi connectivity index (χ3v) is 3.02. The molecule has 1 aliphatic rings. The lowest BCUT2D eigenvalue weighted by Gasteiger charge is -2.37. The fourth-order valence-electron chi connectivity index (χ4n) is 1.63. The van der Waals surface area contributed by atoms with E-state index in [2.05, 4.69) is 15.3 Å². The van der Waals surface area contributed by atoms with Gasteiger partial charge in [-0.25, -0.2) is 14.8 Å². The second kappa shape index (κ2) is 4.29. The zero-order chi connectivity index (χ0) is 12.5. The van der Waals surface area contributed by atoms with Crippen LogP contribution in [0.5, 0.6) is 0 Å². The summed E-state index contributed by atoms with van der Waals surface area (Å²) in [5, 5.41) is 11.7. The highest BCUT2D eigenvalue weighted by Gasteiger charge is 2.45. The molecule has 1 saturated carbocycles. The number of aromatic nitrogens is 2. The van der Waals surface area contributed by atoms with Crippen LogP contribution < -0.4 is 5.32 Å². The van der Waals surface area contributed by atoms with E-state index in [9.17, 15) is 9.59 Å². The van der Waals surface area contributed by atoms with E-state index in [1.807, 2.05) is 0 Å². The lowest BCUT2D eigenvalue weighted by atomic mass is 9.76. The topological polar surface area (TPSA) is 92.2 Å². The molecule has 1 aromatic heterocycles. The summed E-state index contributed by atoms with van der Waals surface area (Å²) in [6.45, 7) is 0. The number of hydrogen-bond acceptors (Lipinski definition) is 4. The summed E-state index contributed by atoms with van der Waals surface area (Å²) in [6, 6.07) is 0. The number of nitrogens with zero attached hydrogens (tertiary/aromatic N) is 2. The summed E-state index contributed by atoms with van der Waals surface area (Å²) in [5.74, 6) is -1.56. The number of carbonyl (C=O) groups excluding carboxylic acids is 1. The molecule has 1 aliphatic carbocycles. The first-order chi connectivity index (χ1) is 8.03. The van der Waals surface area contributed by atoms with Crippen molar-refractivity contribution >= 4 is 23.5 Å². The lowest BCUT2D eigenvalue weighted by Crippen LogP contribution is -2.59. The molecule has 1 heterocycles. The maximum atomic E-state index is 11.7. The van der Waals surface area contributed by atoms with Gasteiger partial charge >= 0.3 is 5.97 Å². The van der Waals surface area contributed by atoms with Crippen LogP contribution >= 0.6 is 11.6 Å². The van der Waals surface area contributed by atoms with Crippen LogP contribution in [0.25, 0.3) is 0 Å². The fraction of sp³-hybridized carbons (Fsp3) is 0.400. The van der Waals surface area contributed by atoms with Crippen molar-refractivity contribution in [2.24, 2.45) is 0 Å². The first-order valence-electron chi connectivity index (χ1n) is 5.07. The molecule has 1 aromatic rings. The molecule has 0 unspecified atom stereocenters. The van der Waals surface area contributed by atoms with Gasteiger partial charge in [-0.15, -0.1) is 0 Å². The number of hydrogen-bond donors (Lipinski definition) is 2. The Balaban J connectivity index is 2.11. The number of halogens is 1. The van der Waals surface area contributed by atoms with Gasteiger partial charge in [0.15, 0.2) is 0 Å². The summed E-state index contributed by atoms with van der Waals surface area (Å²) in [4.78, 5) is 30.3. The predicted molar refractivity (Wildman–Crippen MR) is 58.7 cm³/mol. The normalized spacial score (nSPS) is 17.0. The number of nitrogens with one attached hydrogen (secondary N) is 1. The molecular weight excluding hydrogens is 246 g/mol. The van der Waals surface area contributed by atoms with Crippen LogP contribution in [0.2, 0.25) is 5.15 Å². The largest absolute Gasteiger partial charge is 0.480 e. The van der Waals surface area contributed by atoms with Gasteiger partial charge < -0.3 is 10.4 Å². The highest BCUT2D eigenvalue weighted by molar-refractivity contribution is 6.29. The van der Waals surface area contributed by atoms with Crippen molar-refractivity contribution in [2.45, 2.75) is 24.8 Å². The average Bonchev–Trinajstić information content (AvgIpc) is 2.23. The summed E-state index contributed by atoms with van der Waals surface area (Å²) in [5.41, 5.74) is -1.08. The van der Waals surface area contributed by atoms with Gasteiger partial charge in [0, 0.05) is 0 Å². The van der Waals surface area contributed by atoms with Crippen LogP contribution in [0, 0.1) is 0 Å². The molecule has 0 bridgehead atoms. The van der Waals surface area contributed by atoms with Crippen LogP contribution in [0.3, 0.4) is 0 Å². The molecule has 17 heavy (non-hydrogen) atoms. The highest BCUT2D eigenvalue weighted by atomic mass is 35.5. The summed E-state index contributed by atoms with van der Waals surface area (Å²) < 4.78 is 0. The number of carboxylic acid groups (broad SMARTS) is 1. The Labute approximate surface area is 102 Å². The van der Waals surface area contributed by atoms with Crippen LogP contribution in [-0.2, 0) is 4.79 Å². The number of aliphatic carboxylic acids is 1. The number of carbonyl (C=O) groups is 2. The van der Waals surface area contributed by atoms with Crippen LogP contribution in [-0.4, -0.2) is 32.5 Å². The standard InChI is InChI=1S/C10H10ClN3O3/c11-7-5-12-6(4-13-7)8(15)14-10(9(16)17)2-1-3-10/h4-5H,1-3H2,(H,14,15)(H,16,17). The molecule has 0 spiro atoms. The molecule has 0 atom stereocenters. The van der Waals surface area contributed by atoms with E-state index >= 15 is 0 Å². The van der Waals surface area contributed by atoms with Gasteiger partial charge in [-0.2, -0.15) is 0 Å². The molecule has 0 radical (unpaired) electrons. The van der Waals surface area contributed by atoms with Crippen molar-refractivity contribution in [1.29, 1.82) is 0 Å². The third-order valence-electron chi connectivity index (χ3n) is 2.82. The Morgan fingerprint density at radius 1 is 1.35 bits per heavy atom. The van der Waals surface area contributed by atoms with Gasteiger partial charge in [0.25, 0.3) is 5.91 Å². The first-order valence-corrected chi connectivity index (χ1v) is 5.45. The number of amides is 1. The van der Waals surface area contributed by atoms with Gasteiger partial charge in [0.05, 0.1) is 12.4 Å². The Kier molecular flexibility index (Phi) is 2.97. The first kappa shape index (κ1) is 11.8. The molecule has 2 N–H and O–H groups in total. The molecule has 1 fully saturated rings. The molecule has 2 rings (SSSR count). The van der Waals surface area contributed by atoms with E-state index < -0.39 is 17.4 Å². The average molecular weight is 256 g/mol. The lowest BCUT2D eigenvalue weighted by molar-refractivity contribution is -0.148. The smallest absolute Gasteiger partial charge is 0.329 e. The monoisotopic (exact) mass is 255 g/mol. The fourth-order valence-corrected chi connectivity index (χ4v) is 1.73. The molecular formula is C10H10ClN3O3. The van der Waals surface area contributed by atoms with Crippen molar-refractivity contribution in [3.05, 3.63) is 23.2 Å².